The normalized spacial score (nSPS) is 11.4. The lowest BCUT2D eigenvalue weighted by Crippen LogP contribution is -2.43. The number of amides is 2. The van der Waals surface area contributed by atoms with Crippen molar-refractivity contribution in [3.05, 3.63) is 29.8 Å². The maximum absolute atomic E-state index is 11.8. The molecule has 0 aliphatic carbocycles. The van der Waals surface area contributed by atoms with Gasteiger partial charge in [-0.15, -0.1) is 0 Å². The van der Waals surface area contributed by atoms with Crippen molar-refractivity contribution in [2.75, 3.05) is 7.11 Å². The number of rotatable bonds is 6. The molecule has 7 nitrogen and oxygen atoms in total. The van der Waals surface area contributed by atoms with Crippen molar-refractivity contribution in [1.29, 1.82) is 0 Å². The van der Waals surface area contributed by atoms with E-state index in [9.17, 15) is 14.4 Å². The lowest BCUT2D eigenvalue weighted by molar-refractivity contribution is -0.140. The Hall–Kier alpha value is -2.57. The first-order valence-corrected chi connectivity index (χ1v) is 5.40. The zero-order valence-electron chi connectivity index (χ0n) is 10.3. The van der Waals surface area contributed by atoms with E-state index in [1.165, 1.54) is 19.2 Å². The number of benzene rings is 1. The SMILES string of the molecule is COc1ccc(C(=O)NC(CC(N)=O)C(=O)O)cc1. The van der Waals surface area contributed by atoms with Crippen molar-refractivity contribution >= 4 is 17.8 Å². The molecule has 1 atom stereocenters. The summed E-state index contributed by atoms with van der Waals surface area (Å²) in [6.45, 7) is 0. The Kier molecular flexibility index (Phi) is 4.87. The van der Waals surface area contributed by atoms with Gasteiger partial charge in [-0.05, 0) is 24.3 Å². The Morgan fingerprint density at radius 1 is 1.32 bits per heavy atom. The zero-order chi connectivity index (χ0) is 14.4. The van der Waals surface area contributed by atoms with E-state index in [1.54, 1.807) is 12.1 Å². The molecule has 2 amide bonds. The summed E-state index contributed by atoms with van der Waals surface area (Å²) in [6, 6.07) is 4.76. The Labute approximate surface area is 109 Å². The smallest absolute Gasteiger partial charge is 0.326 e. The van der Waals surface area contributed by atoms with Crippen LogP contribution in [-0.4, -0.2) is 36.0 Å². The van der Waals surface area contributed by atoms with Gasteiger partial charge in [-0.25, -0.2) is 4.79 Å². The third-order valence-electron chi connectivity index (χ3n) is 2.36. The molecule has 1 aromatic rings. The second-order valence-electron chi connectivity index (χ2n) is 3.76. The second-order valence-corrected chi connectivity index (χ2v) is 3.76. The van der Waals surface area contributed by atoms with Gasteiger partial charge < -0.3 is 20.9 Å². The minimum atomic E-state index is -1.34. The number of nitrogens with two attached hydrogens (primary N) is 1. The summed E-state index contributed by atoms with van der Waals surface area (Å²) in [6.07, 6.45) is -0.461. The summed E-state index contributed by atoms with van der Waals surface area (Å²) < 4.78 is 4.93. The largest absolute Gasteiger partial charge is 0.497 e. The van der Waals surface area contributed by atoms with Crippen LogP contribution in [0.5, 0.6) is 5.75 Å². The third kappa shape index (κ3) is 4.30. The van der Waals surface area contributed by atoms with Crippen LogP contribution in [0.3, 0.4) is 0 Å². The van der Waals surface area contributed by atoms with Gasteiger partial charge in [-0.3, -0.25) is 9.59 Å². The highest BCUT2D eigenvalue weighted by Gasteiger charge is 2.22. The summed E-state index contributed by atoms with van der Waals surface area (Å²) in [5, 5.41) is 11.1. The number of carboxylic acid groups (broad SMARTS) is 1. The fourth-order valence-corrected chi connectivity index (χ4v) is 1.39. The number of hydrogen-bond donors (Lipinski definition) is 3. The minimum Gasteiger partial charge on any atom is -0.497 e. The fraction of sp³-hybridized carbons (Fsp3) is 0.250. The van der Waals surface area contributed by atoms with Crippen LogP contribution in [0.15, 0.2) is 24.3 Å². The average molecular weight is 266 g/mol. The van der Waals surface area contributed by atoms with Crippen LogP contribution in [0.25, 0.3) is 0 Å². The number of nitrogens with one attached hydrogen (secondary N) is 1. The number of aliphatic carboxylic acids is 1. The highest BCUT2D eigenvalue weighted by atomic mass is 16.5. The molecule has 0 spiro atoms. The number of methoxy groups -OCH3 is 1. The number of primary amides is 1. The summed E-state index contributed by atoms with van der Waals surface area (Å²) >= 11 is 0. The van der Waals surface area contributed by atoms with Gasteiger partial charge in [-0.1, -0.05) is 0 Å². The molecule has 102 valence electrons. The molecule has 1 aromatic carbocycles. The van der Waals surface area contributed by atoms with Crippen molar-refractivity contribution in [3.8, 4) is 5.75 Å². The number of hydrogen-bond acceptors (Lipinski definition) is 4. The maximum Gasteiger partial charge on any atom is 0.326 e. The van der Waals surface area contributed by atoms with Gasteiger partial charge in [0.2, 0.25) is 5.91 Å². The van der Waals surface area contributed by atoms with Crippen molar-refractivity contribution in [3.63, 3.8) is 0 Å². The first-order valence-electron chi connectivity index (χ1n) is 5.40. The van der Waals surface area contributed by atoms with Crippen molar-refractivity contribution in [1.82, 2.24) is 5.32 Å². The summed E-state index contributed by atoms with van der Waals surface area (Å²) in [5.41, 5.74) is 5.17. The monoisotopic (exact) mass is 266 g/mol. The molecule has 1 rings (SSSR count). The van der Waals surface area contributed by atoms with Crippen molar-refractivity contribution in [2.24, 2.45) is 5.73 Å². The maximum atomic E-state index is 11.8. The van der Waals surface area contributed by atoms with Crippen molar-refractivity contribution < 1.29 is 24.2 Å². The highest BCUT2D eigenvalue weighted by Crippen LogP contribution is 2.11. The molecule has 0 aromatic heterocycles. The highest BCUT2D eigenvalue weighted by molar-refractivity contribution is 5.97. The van der Waals surface area contributed by atoms with Gasteiger partial charge in [-0.2, -0.15) is 0 Å². The molecule has 0 radical (unpaired) electrons. The van der Waals surface area contributed by atoms with Crippen LogP contribution < -0.4 is 15.8 Å². The van der Waals surface area contributed by atoms with Gasteiger partial charge in [0.1, 0.15) is 11.8 Å². The predicted octanol–water partition coefficient (Wildman–Crippen LogP) is -0.246. The molecule has 7 heteroatoms. The van der Waals surface area contributed by atoms with E-state index in [1.807, 2.05) is 0 Å². The molecule has 0 aliphatic rings. The molecule has 0 heterocycles. The molecular formula is C12H14N2O5. The van der Waals surface area contributed by atoms with Crippen LogP contribution in [0.4, 0.5) is 0 Å². The Bertz CT molecular complexity index is 483. The minimum absolute atomic E-state index is 0.261. The Morgan fingerprint density at radius 2 is 1.89 bits per heavy atom. The molecule has 4 N–H and O–H groups in total. The standard InChI is InChI=1S/C12H14N2O5/c1-19-8-4-2-7(3-5-8)11(16)14-9(12(17)18)6-10(13)15/h2-5,9H,6H2,1H3,(H2,13,15)(H,14,16)(H,17,18). The first kappa shape index (κ1) is 14.5. The molecule has 1 unspecified atom stereocenters. The Balaban J connectivity index is 2.75. The van der Waals surface area contributed by atoms with Gasteiger partial charge in [0, 0.05) is 5.56 Å². The summed E-state index contributed by atoms with van der Waals surface area (Å²) in [4.78, 5) is 33.3. The van der Waals surface area contributed by atoms with E-state index in [0.717, 1.165) is 0 Å². The van der Waals surface area contributed by atoms with Crippen LogP contribution >= 0.6 is 0 Å². The molecule has 0 saturated carbocycles. The average Bonchev–Trinajstić information content (AvgIpc) is 2.37. The van der Waals surface area contributed by atoms with E-state index in [4.69, 9.17) is 15.6 Å². The summed E-state index contributed by atoms with van der Waals surface area (Å²) in [7, 11) is 1.49. The van der Waals surface area contributed by atoms with Gasteiger partial charge in [0.25, 0.3) is 5.91 Å². The topological polar surface area (TPSA) is 119 Å². The zero-order valence-corrected chi connectivity index (χ0v) is 10.3. The van der Waals surface area contributed by atoms with E-state index >= 15 is 0 Å². The van der Waals surface area contributed by atoms with E-state index in [2.05, 4.69) is 5.32 Å². The van der Waals surface area contributed by atoms with Crippen LogP contribution in [-0.2, 0) is 9.59 Å². The van der Waals surface area contributed by atoms with Gasteiger partial charge in [0.15, 0.2) is 0 Å². The molecule has 0 saturated heterocycles. The molecule has 0 fully saturated rings. The number of carbonyl (C=O) groups is 3. The fourth-order valence-electron chi connectivity index (χ4n) is 1.39. The number of ether oxygens (including phenoxy) is 1. The van der Waals surface area contributed by atoms with Crippen LogP contribution in [0, 0.1) is 0 Å². The number of carboxylic acids is 1. The molecule has 19 heavy (non-hydrogen) atoms. The third-order valence-corrected chi connectivity index (χ3v) is 2.36. The first-order chi connectivity index (χ1) is 8.93. The van der Waals surface area contributed by atoms with E-state index in [0.29, 0.717) is 5.75 Å². The lowest BCUT2D eigenvalue weighted by Gasteiger charge is -2.12. The van der Waals surface area contributed by atoms with Gasteiger partial charge in [0.05, 0.1) is 13.5 Å². The van der Waals surface area contributed by atoms with Crippen LogP contribution in [0.1, 0.15) is 16.8 Å². The molecule has 0 bridgehead atoms. The van der Waals surface area contributed by atoms with Crippen molar-refractivity contribution in [2.45, 2.75) is 12.5 Å². The lowest BCUT2D eigenvalue weighted by atomic mass is 10.1. The van der Waals surface area contributed by atoms with E-state index in [-0.39, 0.29) is 5.56 Å². The second kappa shape index (κ2) is 6.39. The van der Waals surface area contributed by atoms with Gasteiger partial charge >= 0.3 is 5.97 Å². The Morgan fingerprint density at radius 3 is 2.32 bits per heavy atom. The molecule has 0 aliphatic heterocycles. The molecular weight excluding hydrogens is 252 g/mol. The summed E-state index contributed by atoms with van der Waals surface area (Å²) in [5.74, 6) is -2.15. The van der Waals surface area contributed by atoms with Crippen LogP contribution in [0.2, 0.25) is 0 Å². The quantitative estimate of drug-likeness (QED) is 0.656. The van der Waals surface area contributed by atoms with E-state index < -0.39 is 30.2 Å². The number of carbonyl (C=O) groups excluding carboxylic acids is 2. The predicted molar refractivity (Wildman–Crippen MR) is 65.7 cm³/mol.